The Morgan fingerprint density at radius 2 is 1.73 bits per heavy atom. The van der Waals surface area contributed by atoms with Gasteiger partial charge < -0.3 is 0 Å². The fourth-order valence-corrected chi connectivity index (χ4v) is 1.15. The third-order valence-corrected chi connectivity index (χ3v) is 1.81. The first-order chi connectivity index (χ1) is 6.30. The highest BCUT2D eigenvalue weighted by molar-refractivity contribution is 5.94. The van der Waals surface area contributed by atoms with E-state index in [4.69, 9.17) is 0 Å². The van der Waals surface area contributed by atoms with Crippen LogP contribution < -0.4 is 0 Å². The summed E-state index contributed by atoms with van der Waals surface area (Å²) in [7, 11) is 0. The smallest absolute Gasteiger partial charge is 0.295 e. The molecule has 15 heavy (non-hydrogen) atoms. The third-order valence-electron chi connectivity index (χ3n) is 1.81. The molecule has 4 heteroatoms. The molecule has 0 aromatic heterocycles. The number of carbonyl (C=O) groups excluding carboxylic acids is 1. The van der Waals surface area contributed by atoms with Crippen LogP contribution in [0.4, 0.5) is 13.2 Å². The predicted octanol–water partition coefficient (Wildman–Crippen LogP) is 3.85. The molecule has 0 aliphatic rings. The zero-order valence-corrected chi connectivity index (χ0v) is 7.77. The summed E-state index contributed by atoms with van der Waals surface area (Å²) < 4.78 is 36.9. The van der Waals surface area contributed by atoms with Gasteiger partial charge in [-0.05, 0) is 37.6 Å². The predicted molar refractivity (Wildman–Crippen MR) is 52.9 cm³/mol. The van der Waals surface area contributed by atoms with E-state index in [1.54, 1.807) is 0 Å². The van der Waals surface area contributed by atoms with Crippen molar-refractivity contribution >= 4 is 5.78 Å². The summed E-state index contributed by atoms with van der Waals surface area (Å²) in [6.45, 7) is 2.77. The van der Waals surface area contributed by atoms with E-state index in [0.717, 1.165) is 12.1 Å². The van der Waals surface area contributed by atoms with Gasteiger partial charge in [0.2, 0.25) is 0 Å². The van der Waals surface area contributed by atoms with Crippen molar-refractivity contribution in [3.63, 3.8) is 0 Å². The van der Waals surface area contributed by atoms with Gasteiger partial charge in [-0.3, -0.25) is 4.79 Å². The molecule has 0 N–H and O–H groups in total. The average molecular weight is 218 g/mol. The van der Waals surface area contributed by atoms with Crippen molar-refractivity contribution < 1.29 is 18.0 Å². The Morgan fingerprint density at radius 3 is 2.13 bits per heavy atom. The van der Waals surface area contributed by atoms with E-state index in [1.165, 1.54) is 19.9 Å². The molecule has 0 saturated heterocycles. The van der Waals surface area contributed by atoms with Crippen molar-refractivity contribution in [2.75, 3.05) is 0 Å². The number of ketones is 1. The zero-order chi connectivity index (χ0) is 10.9. The molecule has 0 aliphatic carbocycles. The Morgan fingerprint density at radius 1 is 1.20 bits per heavy atom. The molecule has 1 aromatic carbocycles. The highest BCUT2D eigenvalue weighted by Gasteiger charge is 2.31. The first-order valence-corrected chi connectivity index (χ1v) is 4.00. The number of hydrogen-bond acceptors (Lipinski definition) is 1. The van der Waals surface area contributed by atoms with Gasteiger partial charge >= 0.3 is 6.18 Å². The number of Topliss-reactive ketones (excluding diaryl/α,β-unsaturated/α-hetero) is 1. The molecule has 0 heterocycles. The van der Waals surface area contributed by atoms with Gasteiger partial charge in [0.1, 0.15) is 0 Å². The summed E-state index contributed by atoms with van der Waals surface area (Å²) in [5.74, 6) is -0.362. The molecule has 0 spiro atoms. The first-order valence-electron chi connectivity index (χ1n) is 4.00. The lowest BCUT2D eigenvalue weighted by molar-refractivity contribution is -0.137. The molecule has 1 nitrogen and oxygen atoms in total. The standard InChI is InChI=1S/C10H9F3O.CH4/c1-6-3-8(7(2)14)5-9(4-6)10(11,12)13;/h3-5H,1-2H3;1H4. The highest BCUT2D eigenvalue weighted by Crippen LogP contribution is 2.30. The molecular formula is C11H13F3O. The lowest BCUT2D eigenvalue weighted by Gasteiger charge is -2.08. The Labute approximate surface area is 86.9 Å². The summed E-state index contributed by atoms with van der Waals surface area (Å²) in [5, 5.41) is 0. The van der Waals surface area contributed by atoms with Crippen LogP contribution in [0.5, 0.6) is 0 Å². The number of benzene rings is 1. The number of rotatable bonds is 1. The van der Waals surface area contributed by atoms with Crippen molar-refractivity contribution in [3.8, 4) is 0 Å². The fraction of sp³-hybridized carbons (Fsp3) is 0.364. The van der Waals surface area contributed by atoms with Gasteiger partial charge in [0.25, 0.3) is 0 Å². The topological polar surface area (TPSA) is 17.1 Å². The van der Waals surface area contributed by atoms with E-state index in [0.29, 0.717) is 5.56 Å². The van der Waals surface area contributed by atoms with Crippen molar-refractivity contribution in [1.29, 1.82) is 0 Å². The van der Waals surface area contributed by atoms with Crippen LogP contribution in [0.2, 0.25) is 0 Å². The number of carbonyl (C=O) groups is 1. The van der Waals surface area contributed by atoms with E-state index < -0.39 is 11.7 Å². The SMILES string of the molecule is C.CC(=O)c1cc(C)cc(C(F)(F)F)c1. The molecular weight excluding hydrogens is 205 g/mol. The Bertz CT molecular complexity index is 367. The minimum absolute atomic E-state index is 0. The van der Waals surface area contributed by atoms with Crippen LogP contribution in [0.15, 0.2) is 18.2 Å². The van der Waals surface area contributed by atoms with E-state index in [1.807, 2.05) is 0 Å². The largest absolute Gasteiger partial charge is 0.416 e. The summed E-state index contributed by atoms with van der Waals surface area (Å²) in [6.07, 6.45) is -4.39. The second-order valence-corrected chi connectivity index (χ2v) is 3.14. The summed E-state index contributed by atoms with van der Waals surface area (Å²) in [5.41, 5.74) is -0.245. The summed E-state index contributed by atoms with van der Waals surface area (Å²) >= 11 is 0. The van der Waals surface area contributed by atoms with Crippen LogP contribution in [0.1, 0.15) is 35.8 Å². The maximum Gasteiger partial charge on any atom is 0.416 e. The Kier molecular flexibility index (Phi) is 4.07. The van der Waals surface area contributed by atoms with Gasteiger partial charge in [-0.15, -0.1) is 0 Å². The first kappa shape index (κ1) is 13.7. The highest BCUT2D eigenvalue weighted by atomic mass is 19.4. The van der Waals surface area contributed by atoms with Crippen molar-refractivity contribution in [2.24, 2.45) is 0 Å². The molecule has 0 fully saturated rings. The molecule has 0 atom stereocenters. The molecule has 0 saturated carbocycles. The summed E-state index contributed by atoms with van der Waals surface area (Å²) in [6, 6.07) is 3.33. The number of alkyl halides is 3. The van der Waals surface area contributed by atoms with E-state index >= 15 is 0 Å². The molecule has 0 unspecified atom stereocenters. The number of aryl methyl sites for hydroxylation is 1. The van der Waals surface area contributed by atoms with Crippen molar-refractivity contribution in [1.82, 2.24) is 0 Å². The van der Waals surface area contributed by atoms with Gasteiger partial charge in [0.05, 0.1) is 5.56 Å². The van der Waals surface area contributed by atoms with Gasteiger partial charge in [-0.25, -0.2) is 0 Å². The fourth-order valence-electron chi connectivity index (χ4n) is 1.15. The average Bonchev–Trinajstić information content (AvgIpc) is 2.01. The van der Waals surface area contributed by atoms with Gasteiger partial charge in [-0.2, -0.15) is 13.2 Å². The van der Waals surface area contributed by atoms with Crippen LogP contribution in [-0.4, -0.2) is 5.78 Å². The van der Waals surface area contributed by atoms with E-state index in [2.05, 4.69) is 0 Å². The van der Waals surface area contributed by atoms with Crippen LogP contribution >= 0.6 is 0 Å². The van der Waals surface area contributed by atoms with Crippen molar-refractivity contribution in [2.45, 2.75) is 27.5 Å². The van der Waals surface area contributed by atoms with Gasteiger partial charge in [-0.1, -0.05) is 7.43 Å². The Balaban J connectivity index is 0.00000196. The molecule has 0 bridgehead atoms. The van der Waals surface area contributed by atoms with Crippen molar-refractivity contribution in [3.05, 3.63) is 34.9 Å². The van der Waals surface area contributed by atoms with Crippen LogP contribution in [-0.2, 0) is 6.18 Å². The van der Waals surface area contributed by atoms with Gasteiger partial charge in [0, 0.05) is 5.56 Å². The summed E-state index contributed by atoms with van der Waals surface area (Å²) in [4.78, 5) is 10.9. The Hall–Kier alpha value is -1.32. The molecule has 0 amide bonds. The molecule has 0 radical (unpaired) electrons. The second-order valence-electron chi connectivity index (χ2n) is 3.14. The lowest BCUT2D eigenvalue weighted by Crippen LogP contribution is -2.07. The minimum Gasteiger partial charge on any atom is -0.295 e. The maximum atomic E-state index is 12.3. The van der Waals surface area contributed by atoms with Crippen LogP contribution in [0.3, 0.4) is 0 Å². The molecule has 0 aliphatic heterocycles. The molecule has 1 aromatic rings. The lowest BCUT2D eigenvalue weighted by atomic mass is 10.0. The molecule has 1 rings (SSSR count). The maximum absolute atomic E-state index is 12.3. The van der Waals surface area contributed by atoms with Crippen LogP contribution in [0.25, 0.3) is 0 Å². The number of halogens is 3. The van der Waals surface area contributed by atoms with E-state index in [9.17, 15) is 18.0 Å². The van der Waals surface area contributed by atoms with Gasteiger partial charge in [0.15, 0.2) is 5.78 Å². The minimum atomic E-state index is -4.39. The quantitative estimate of drug-likeness (QED) is 0.654. The third kappa shape index (κ3) is 3.38. The molecule has 84 valence electrons. The monoisotopic (exact) mass is 218 g/mol. The zero-order valence-electron chi connectivity index (χ0n) is 7.77. The van der Waals surface area contributed by atoms with Crippen LogP contribution in [0, 0.1) is 6.92 Å². The van der Waals surface area contributed by atoms with E-state index in [-0.39, 0.29) is 18.8 Å². The second kappa shape index (κ2) is 4.47. The normalized spacial score (nSPS) is 10.7. The number of hydrogen-bond donors (Lipinski definition) is 0.